The highest BCUT2D eigenvalue weighted by Gasteiger charge is 2.25. The van der Waals surface area contributed by atoms with E-state index in [4.69, 9.17) is 0 Å². The molecule has 0 saturated carbocycles. The number of carbonyl (C=O) groups excluding carboxylic acids is 1. The van der Waals surface area contributed by atoms with Gasteiger partial charge in [-0.3, -0.25) is 4.79 Å². The lowest BCUT2D eigenvalue weighted by molar-refractivity contribution is 0.0213. The Bertz CT molecular complexity index is 329. The third kappa shape index (κ3) is 4.48. The van der Waals surface area contributed by atoms with E-state index < -0.39 is 5.60 Å². The number of amides is 1. The zero-order valence-electron chi connectivity index (χ0n) is 10.5. The van der Waals surface area contributed by atoms with E-state index in [-0.39, 0.29) is 5.91 Å². The Balaban J connectivity index is 2.49. The molecule has 0 radical (unpaired) electrons. The standard InChI is InChI=1S/C13H21NO2S/c1-3-6-13(16,7-4-2)10-14-12(15)11-5-8-17-9-11/h5,8-9,16H,3-4,6-7,10H2,1-2H3,(H,14,15). The number of nitrogens with one attached hydrogen (secondary N) is 1. The minimum absolute atomic E-state index is 0.100. The second-order valence-electron chi connectivity index (χ2n) is 4.42. The van der Waals surface area contributed by atoms with Crippen LogP contribution in [0, 0.1) is 0 Å². The van der Waals surface area contributed by atoms with E-state index in [0.717, 1.165) is 25.7 Å². The summed E-state index contributed by atoms with van der Waals surface area (Å²) in [5.41, 5.74) is -0.0832. The summed E-state index contributed by atoms with van der Waals surface area (Å²) in [7, 11) is 0. The zero-order chi connectivity index (χ0) is 12.7. The van der Waals surface area contributed by atoms with E-state index in [1.54, 1.807) is 6.07 Å². The first-order chi connectivity index (χ1) is 8.11. The highest BCUT2D eigenvalue weighted by molar-refractivity contribution is 7.08. The number of hydrogen-bond donors (Lipinski definition) is 2. The number of aliphatic hydroxyl groups is 1. The topological polar surface area (TPSA) is 49.3 Å². The van der Waals surface area contributed by atoms with Gasteiger partial charge in [-0.15, -0.1) is 0 Å². The van der Waals surface area contributed by atoms with Crippen molar-refractivity contribution in [2.24, 2.45) is 0 Å². The van der Waals surface area contributed by atoms with Crippen molar-refractivity contribution in [3.05, 3.63) is 22.4 Å². The van der Waals surface area contributed by atoms with Gasteiger partial charge in [0.1, 0.15) is 0 Å². The summed E-state index contributed by atoms with van der Waals surface area (Å²) in [4.78, 5) is 11.7. The fraction of sp³-hybridized carbons (Fsp3) is 0.615. The second-order valence-corrected chi connectivity index (χ2v) is 5.20. The van der Waals surface area contributed by atoms with Gasteiger partial charge in [-0.05, 0) is 24.3 Å². The molecule has 0 spiro atoms. The highest BCUT2D eigenvalue weighted by atomic mass is 32.1. The van der Waals surface area contributed by atoms with Crippen molar-refractivity contribution in [2.45, 2.75) is 45.1 Å². The molecular weight excluding hydrogens is 234 g/mol. The third-order valence-corrected chi connectivity index (χ3v) is 3.48. The normalized spacial score (nSPS) is 11.5. The molecule has 0 saturated heterocycles. The lowest BCUT2D eigenvalue weighted by Gasteiger charge is -2.27. The molecule has 0 aliphatic carbocycles. The number of hydrogen-bond acceptors (Lipinski definition) is 3. The van der Waals surface area contributed by atoms with Gasteiger partial charge in [0.15, 0.2) is 0 Å². The molecular formula is C13H21NO2S. The molecule has 1 amide bonds. The Morgan fingerprint density at radius 3 is 2.53 bits per heavy atom. The van der Waals surface area contributed by atoms with Gasteiger partial charge in [0.05, 0.1) is 5.60 Å². The maximum Gasteiger partial charge on any atom is 0.252 e. The van der Waals surface area contributed by atoms with Gasteiger partial charge in [-0.2, -0.15) is 11.3 Å². The van der Waals surface area contributed by atoms with Crippen molar-refractivity contribution in [1.82, 2.24) is 5.32 Å². The number of rotatable bonds is 7. The molecule has 1 aromatic rings. The van der Waals surface area contributed by atoms with E-state index in [0.29, 0.717) is 12.1 Å². The van der Waals surface area contributed by atoms with Crippen molar-refractivity contribution in [3.63, 3.8) is 0 Å². The van der Waals surface area contributed by atoms with Gasteiger partial charge in [0, 0.05) is 17.5 Å². The largest absolute Gasteiger partial charge is 0.388 e. The van der Waals surface area contributed by atoms with Gasteiger partial charge >= 0.3 is 0 Å². The van der Waals surface area contributed by atoms with Crippen LogP contribution in [0.15, 0.2) is 16.8 Å². The maximum absolute atomic E-state index is 11.7. The average molecular weight is 255 g/mol. The lowest BCUT2D eigenvalue weighted by atomic mass is 9.92. The molecule has 0 aliphatic rings. The Morgan fingerprint density at radius 1 is 1.41 bits per heavy atom. The summed E-state index contributed by atoms with van der Waals surface area (Å²) in [5.74, 6) is -0.100. The van der Waals surface area contributed by atoms with E-state index in [1.807, 2.05) is 24.6 Å². The van der Waals surface area contributed by atoms with Crippen LogP contribution in [0.1, 0.15) is 49.9 Å². The van der Waals surface area contributed by atoms with Crippen molar-refractivity contribution in [2.75, 3.05) is 6.54 Å². The van der Waals surface area contributed by atoms with Gasteiger partial charge in [-0.1, -0.05) is 26.7 Å². The molecule has 0 unspecified atom stereocenters. The first-order valence-corrected chi connectivity index (χ1v) is 7.08. The molecule has 0 aromatic carbocycles. The van der Waals surface area contributed by atoms with Gasteiger partial charge < -0.3 is 10.4 Å². The van der Waals surface area contributed by atoms with Crippen molar-refractivity contribution >= 4 is 17.2 Å². The van der Waals surface area contributed by atoms with Crippen LogP contribution in [-0.2, 0) is 0 Å². The van der Waals surface area contributed by atoms with E-state index in [9.17, 15) is 9.90 Å². The zero-order valence-corrected chi connectivity index (χ0v) is 11.3. The molecule has 0 fully saturated rings. The third-order valence-electron chi connectivity index (χ3n) is 2.79. The van der Waals surface area contributed by atoms with Gasteiger partial charge in [-0.25, -0.2) is 0 Å². The summed E-state index contributed by atoms with van der Waals surface area (Å²) < 4.78 is 0. The van der Waals surface area contributed by atoms with Crippen LogP contribution in [0.25, 0.3) is 0 Å². The summed E-state index contributed by atoms with van der Waals surface area (Å²) in [6.45, 7) is 4.42. The summed E-state index contributed by atoms with van der Waals surface area (Å²) in [5, 5.41) is 16.8. The fourth-order valence-electron chi connectivity index (χ4n) is 1.97. The van der Waals surface area contributed by atoms with Crippen molar-refractivity contribution in [1.29, 1.82) is 0 Å². The summed E-state index contributed by atoms with van der Waals surface area (Å²) >= 11 is 1.50. The molecule has 1 aromatic heterocycles. The highest BCUT2D eigenvalue weighted by Crippen LogP contribution is 2.18. The van der Waals surface area contributed by atoms with Crippen molar-refractivity contribution < 1.29 is 9.90 Å². The fourth-order valence-corrected chi connectivity index (χ4v) is 2.61. The maximum atomic E-state index is 11.7. The minimum Gasteiger partial charge on any atom is -0.388 e. The quantitative estimate of drug-likeness (QED) is 0.787. The van der Waals surface area contributed by atoms with E-state index in [2.05, 4.69) is 5.32 Å². The van der Waals surface area contributed by atoms with Gasteiger partial charge in [0.2, 0.25) is 0 Å². The van der Waals surface area contributed by atoms with Crippen LogP contribution in [0.3, 0.4) is 0 Å². The molecule has 1 rings (SSSR count). The van der Waals surface area contributed by atoms with Crippen LogP contribution in [0.4, 0.5) is 0 Å². The molecule has 2 N–H and O–H groups in total. The molecule has 1 heterocycles. The molecule has 17 heavy (non-hydrogen) atoms. The van der Waals surface area contributed by atoms with Crippen LogP contribution in [-0.4, -0.2) is 23.2 Å². The summed E-state index contributed by atoms with van der Waals surface area (Å²) in [6, 6.07) is 1.79. The van der Waals surface area contributed by atoms with Crippen LogP contribution < -0.4 is 5.32 Å². The smallest absolute Gasteiger partial charge is 0.252 e. The Kier molecular flexibility index (Phi) is 5.65. The SMILES string of the molecule is CCCC(O)(CCC)CNC(=O)c1ccsc1. The second kappa shape index (κ2) is 6.77. The molecule has 3 nitrogen and oxygen atoms in total. The van der Waals surface area contributed by atoms with Crippen LogP contribution in [0.2, 0.25) is 0 Å². The predicted octanol–water partition coefficient (Wildman–Crippen LogP) is 2.81. The van der Waals surface area contributed by atoms with Crippen LogP contribution >= 0.6 is 11.3 Å². The van der Waals surface area contributed by atoms with E-state index in [1.165, 1.54) is 11.3 Å². The van der Waals surface area contributed by atoms with Crippen molar-refractivity contribution in [3.8, 4) is 0 Å². The molecule has 96 valence electrons. The van der Waals surface area contributed by atoms with Gasteiger partial charge in [0.25, 0.3) is 5.91 Å². The van der Waals surface area contributed by atoms with E-state index >= 15 is 0 Å². The molecule has 0 aliphatic heterocycles. The predicted molar refractivity (Wildman–Crippen MR) is 71.4 cm³/mol. The summed E-state index contributed by atoms with van der Waals surface area (Å²) in [6.07, 6.45) is 3.30. The first kappa shape index (κ1) is 14.2. The monoisotopic (exact) mass is 255 g/mol. The number of thiophene rings is 1. The minimum atomic E-state index is -0.755. The Labute approximate surface area is 107 Å². The Hall–Kier alpha value is -0.870. The Morgan fingerprint density at radius 2 is 2.06 bits per heavy atom. The first-order valence-electron chi connectivity index (χ1n) is 6.14. The molecule has 4 heteroatoms. The molecule has 0 bridgehead atoms. The number of carbonyl (C=O) groups is 1. The van der Waals surface area contributed by atoms with Crippen LogP contribution in [0.5, 0.6) is 0 Å². The lowest BCUT2D eigenvalue weighted by Crippen LogP contribution is -2.42. The average Bonchev–Trinajstić information content (AvgIpc) is 2.80. The molecule has 0 atom stereocenters.